The summed E-state index contributed by atoms with van der Waals surface area (Å²) in [7, 11) is -4.38. The number of nitrogens with one attached hydrogen (secondary N) is 1. The van der Waals surface area contributed by atoms with Crippen LogP contribution in [0.15, 0.2) is 0 Å². The molecule has 0 amide bonds. The summed E-state index contributed by atoms with van der Waals surface area (Å²) in [5.74, 6) is 0. The van der Waals surface area contributed by atoms with Crippen molar-refractivity contribution in [3.63, 3.8) is 0 Å². The first-order valence-electron chi connectivity index (χ1n) is 6.30. The van der Waals surface area contributed by atoms with Crippen molar-refractivity contribution >= 4 is 20.8 Å². The Labute approximate surface area is 118 Å². The Hall–Kier alpha value is -0.450. The molecule has 5 nitrogen and oxygen atoms in total. The second-order valence-corrected chi connectivity index (χ2v) is 10.5. The fourth-order valence-electron chi connectivity index (χ4n) is 2.08. The highest BCUT2D eigenvalue weighted by Gasteiger charge is 2.41. The maximum atomic E-state index is 12.1. The quantitative estimate of drug-likeness (QED) is 0.851. The van der Waals surface area contributed by atoms with Crippen LogP contribution < -0.4 is 4.72 Å². The Morgan fingerprint density at radius 3 is 2.11 bits per heavy atom. The molecular formula is C12H22N2O3S2. The minimum atomic E-state index is -3.05. The van der Waals surface area contributed by atoms with Crippen molar-refractivity contribution in [2.45, 2.75) is 62.0 Å². The van der Waals surface area contributed by atoms with Crippen LogP contribution in [-0.4, -0.2) is 34.4 Å². The van der Waals surface area contributed by atoms with Crippen molar-refractivity contribution in [3.05, 3.63) is 0 Å². The highest BCUT2D eigenvalue weighted by molar-refractivity contribution is 7.91. The topological polar surface area (TPSA) is 87.0 Å². The molecule has 1 aliphatic rings. The van der Waals surface area contributed by atoms with E-state index >= 15 is 0 Å². The number of rotatable bonds is 3. The molecule has 1 fully saturated rings. The lowest BCUT2D eigenvalue weighted by Crippen LogP contribution is -2.52. The second-order valence-electron chi connectivity index (χ2n) is 6.21. The smallest absolute Gasteiger partial charge is 0.150 e. The molecule has 0 aromatic heterocycles. The highest BCUT2D eigenvalue weighted by atomic mass is 32.2. The van der Waals surface area contributed by atoms with E-state index in [9.17, 15) is 17.9 Å². The van der Waals surface area contributed by atoms with E-state index in [1.54, 1.807) is 0 Å². The molecule has 19 heavy (non-hydrogen) atoms. The standard InChI is InChI=1S/C12H22N2O3S2/c1-11(2,3)18(15)14-12(9-13)7-5-10(6-8-12)19(4,16)17/h10,14H,5-8H2,1-4H3/t10?,12?,18-/m0/s1. The predicted octanol–water partition coefficient (Wildman–Crippen LogP) is 1.29. The molecule has 1 rings (SSSR count). The summed E-state index contributed by atoms with van der Waals surface area (Å²) in [4.78, 5) is 0. The molecule has 1 aliphatic carbocycles. The molecule has 1 atom stereocenters. The SMILES string of the molecule is CC(C)(C)[S@](=O)NC1(C#N)CCC(S(C)(=O)=O)CC1. The predicted molar refractivity (Wildman–Crippen MR) is 76.5 cm³/mol. The van der Waals surface area contributed by atoms with Gasteiger partial charge in [-0.3, -0.25) is 0 Å². The summed E-state index contributed by atoms with van der Waals surface area (Å²) in [5, 5.41) is 8.97. The van der Waals surface area contributed by atoms with Gasteiger partial charge in [0.1, 0.15) is 15.4 Å². The lowest BCUT2D eigenvalue weighted by atomic mass is 9.83. The van der Waals surface area contributed by atoms with Gasteiger partial charge in [0.15, 0.2) is 0 Å². The van der Waals surface area contributed by atoms with Crippen molar-refractivity contribution in [1.29, 1.82) is 5.26 Å². The van der Waals surface area contributed by atoms with Crippen molar-refractivity contribution in [2.24, 2.45) is 0 Å². The Kier molecular flexibility index (Phi) is 4.81. The minimum Gasteiger partial charge on any atom is -0.242 e. The van der Waals surface area contributed by atoms with Gasteiger partial charge in [-0.1, -0.05) is 0 Å². The van der Waals surface area contributed by atoms with Crippen LogP contribution in [0.25, 0.3) is 0 Å². The molecule has 0 aromatic rings. The maximum absolute atomic E-state index is 12.1. The van der Waals surface area contributed by atoms with Crippen molar-refractivity contribution in [2.75, 3.05) is 6.26 Å². The van der Waals surface area contributed by atoms with Crippen LogP contribution >= 0.6 is 0 Å². The van der Waals surface area contributed by atoms with Crippen LogP contribution in [0.2, 0.25) is 0 Å². The van der Waals surface area contributed by atoms with Gasteiger partial charge in [0.2, 0.25) is 0 Å². The molecule has 0 radical (unpaired) electrons. The summed E-state index contributed by atoms with van der Waals surface area (Å²) in [6, 6.07) is 2.19. The van der Waals surface area contributed by atoms with E-state index in [0.717, 1.165) is 0 Å². The van der Waals surface area contributed by atoms with Gasteiger partial charge in [0.05, 0.1) is 27.1 Å². The Morgan fingerprint density at radius 1 is 1.32 bits per heavy atom. The third kappa shape index (κ3) is 4.26. The Bertz CT molecular complexity index is 492. The lowest BCUT2D eigenvalue weighted by Gasteiger charge is -2.36. The number of hydrogen-bond donors (Lipinski definition) is 1. The maximum Gasteiger partial charge on any atom is 0.150 e. The van der Waals surface area contributed by atoms with Gasteiger partial charge >= 0.3 is 0 Å². The van der Waals surface area contributed by atoms with Crippen LogP contribution in [0.1, 0.15) is 46.5 Å². The summed E-state index contributed by atoms with van der Waals surface area (Å²) >= 11 is 0. The van der Waals surface area contributed by atoms with Crippen LogP contribution in [-0.2, 0) is 20.8 Å². The zero-order valence-corrected chi connectivity index (χ0v) is 13.5. The first-order chi connectivity index (χ1) is 8.50. The Morgan fingerprint density at radius 2 is 1.79 bits per heavy atom. The fraction of sp³-hybridized carbons (Fsp3) is 0.917. The third-order valence-electron chi connectivity index (χ3n) is 3.45. The van der Waals surface area contributed by atoms with Gasteiger partial charge in [0, 0.05) is 6.26 Å². The fourth-order valence-corrected chi connectivity index (χ4v) is 4.08. The normalized spacial score (nSPS) is 30.6. The summed E-state index contributed by atoms with van der Waals surface area (Å²) in [5.41, 5.74) is -0.862. The van der Waals surface area contributed by atoms with E-state index in [1.807, 2.05) is 20.8 Å². The molecule has 0 aromatic carbocycles. The van der Waals surface area contributed by atoms with E-state index in [1.165, 1.54) is 6.26 Å². The molecule has 0 aliphatic heterocycles. The number of nitriles is 1. The number of sulfone groups is 1. The molecule has 0 saturated heterocycles. The van der Waals surface area contributed by atoms with E-state index in [2.05, 4.69) is 10.8 Å². The molecular weight excluding hydrogens is 284 g/mol. The van der Waals surface area contributed by atoms with Gasteiger partial charge in [-0.25, -0.2) is 17.3 Å². The van der Waals surface area contributed by atoms with Gasteiger partial charge < -0.3 is 0 Å². The molecule has 0 heterocycles. The van der Waals surface area contributed by atoms with E-state index in [-0.39, 0.29) is 5.25 Å². The first-order valence-corrected chi connectivity index (χ1v) is 9.40. The second kappa shape index (κ2) is 5.51. The van der Waals surface area contributed by atoms with Crippen LogP contribution in [0.5, 0.6) is 0 Å². The molecule has 0 spiro atoms. The number of nitrogens with zero attached hydrogens (tertiary/aromatic N) is 1. The Balaban J connectivity index is 2.78. The van der Waals surface area contributed by atoms with Crippen molar-refractivity contribution in [1.82, 2.24) is 4.72 Å². The van der Waals surface area contributed by atoms with Crippen LogP contribution in [0.3, 0.4) is 0 Å². The summed E-state index contributed by atoms with van der Waals surface area (Å²) in [6.07, 6.45) is 2.96. The summed E-state index contributed by atoms with van der Waals surface area (Å²) < 4.78 is 37.6. The number of hydrogen-bond acceptors (Lipinski definition) is 4. The molecule has 110 valence electrons. The first kappa shape index (κ1) is 16.6. The molecule has 1 saturated carbocycles. The van der Waals surface area contributed by atoms with Gasteiger partial charge in [-0.15, -0.1) is 0 Å². The summed E-state index contributed by atoms with van der Waals surface area (Å²) in [6.45, 7) is 5.51. The minimum absolute atomic E-state index is 0.376. The van der Waals surface area contributed by atoms with Gasteiger partial charge in [-0.2, -0.15) is 5.26 Å². The molecule has 1 N–H and O–H groups in total. The molecule has 0 bridgehead atoms. The van der Waals surface area contributed by atoms with Gasteiger partial charge in [0.25, 0.3) is 0 Å². The van der Waals surface area contributed by atoms with E-state index in [4.69, 9.17) is 0 Å². The van der Waals surface area contributed by atoms with Crippen LogP contribution in [0.4, 0.5) is 0 Å². The third-order valence-corrected chi connectivity index (χ3v) is 6.82. The monoisotopic (exact) mass is 306 g/mol. The zero-order valence-electron chi connectivity index (χ0n) is 11.9. The van der Waals surface area contributed by atoms with Crippen molar-refractivity contribution in [3.8, 4) is 6.07 Å². The highest BCUT2D eigenvalue weighted by Crippen LogP contribution is 2.32. The van der Waals surface area contributed by atoms with Crippen molar-refractivity contribution < 1.29 is 12.6 Å². The zero-order chi connectivity index (χ0) is 14.9. The average molecular weight is 306 g/mol. The largest absolute Gasteiger partial charge is 0.242 e. The lowest BCUT2D eigenvalue weighted by molar-refractivity contribution is 0.341. The van der Waals surface area contributed by atoms with Crippen LogP contribution in [0, 0.1) is 11.3 Å². The molecule has 0 unspecified atom stereocenters. The average Bonchev–Trinajstić information content (AvgIpc) is 2.27. The van der Waals surface area contributed by atoms with E-state index < -0.39 is 31.1 Å². The van der Waals surface area contributed by atoms with Gasteiger partial charge in [-0.05, 0) is 46.5 Å². The van der Waals surface area contributed by atoms with E-state index in [0.29, 0.717) is 25.7 Å². The molecule has 7 heteroatoms.